The molecule has 208 valence electrons. The lowest BCUT2D eigenvalue weighted by Gasteiger charge is -2.34. The maximum atomic E-state index is 14.1. The Kier molecular flexibility index (Phi) is 11.0. The largest absolute Gasteiger partial charge is 0.352 e. The monoisotopic (exact) mass is 633 g/mol. The van der Waals surface area contributed by atoms with Crippen LogP contribution in [0, 0.1) is 0 Å². The van der Waals surface area contributed by atoms with Crippen LogP contribution in [0.5, 0.6) is 0 Å². The number of para-hydroxylation sites is 1. The van der Waals surface area contributed by atoms with Gasteiger partial charge >= 0.3 is 0 Å². The number of rotatable bonds is 12. The molecule has 0 aromatic heterocycles. The molecule has 2 unspecified atom stereocenters. The number of carbonyl (C=O) groups excluding carboxylic acids is 2. The van der Waals surface area contributed by atoms with Crippen molar-refractivity contribution in [2.24, 2.45) is 0 Å². The third kappa shape index (κ3) is 8.55. The van der Waals surface area contributed by atoms with E-state index in [1.54, 1.807) is 48.5 Å². The molecule has 1 N–H and O–H groups in total. The Bertz CT molecular complexity index is 1390. The molecule has 3 rings (SSSR count). The lowest BCUT2D eigenvalue weighted by molar-refractivity contribution is -0.140. The maximum Gasteiger partial charge on any atom is 0.244 e. The predicted molar refractivity (Wildman–Crippen MR) is 160 cm³/mol. The molecule has 2 amide bonds. The Balaban J connectivity index is 2.08. The van der Waals surface area contributed by atoms with Crippen LogP contribution in [0.1, 0.15) is 31.4 Å². The Morgan fingerprint density at radius 2 is 1.59 bits per heavy atom. The van der Waals surface area contributed by atoms with E-state index in [0.717, 1.165) is 16.1 Å². The summed E-state index contributed by atoms with van der Waals surface area (Å²) in [5.74, 6) is -0.850. The molecule has 0 heterocycles. The minimum atomic E-state index is -3.85. The summed E-state index contributed by atoms with van der Waals surface area (Å²) in [6.07, 6.45) is 2.01. The van der Waals surface area contributed by atoms with E-state index in [1.807, 2.05) is 44.2 Å². The lowest BCUT2D eigenvalue weighted by Crippen LogP contribution is -2.54. The molecule has 10 heteroatoms. The highest BCUT2D eigenvalue weighted by molar-refractivity contribution is 9.10. The summed E-state index contributed by atoms with van der Waals surface area (Å²) in [7, 11) is -3.85. The number of carbonyl (C=O) groups is 2. The average molecular weight is 635 g/mol. The molecule has 0 fully saturated rings. The molecule has 0 aliphatic heterocycles. The number of anilines is 1. The highest BCUT2D eigenvalue weighted by Gasteiger charge is 2.34. The van der Waals surface area contributed by atoms with E-state index in [-0.39, 0.29) is 24.9 Å². The van der Waals surface area contributed by atoms with Crippen LogP contribution in [-0.2, 0) is 32.6 Å². The van der Waals surface area contributed by atoms with E-state index >= 15 is 0 Å². The quantitative estimate of drug-likeness (QED) is 0.288. The van der Waals surface area contributed by atoms with E-state index in [0.29, 0.717) is 27.2 Å². The molecule has 0 spiro atoms. The van der Waals surface area contributed by atoms with Gasteiger partial charge in [-0.05, 0) is 58.6 Å². The van der Waals surface area contributed by atoms with E-state index in [4.69, 9.17) is 11.6 Å². The number of halogens is 2. The summed E-state index contributed by atoms with van der Waals surface area (Å²) < 4.78 is 27.3. The van der Waals surface area contributed by atoms with Gasteiger partial charge in [0.1, 0.15) is 12.6 Å². The highest BCUT2D eigenvalue weighted by atomic mass is 79.9. The van der Waals surface area contributed by atoms with Crippen molar-refractivity contribution in [3.8, 4) is 0 Å². The van der Waals surface area contributed by atoms with Gasteiger partial charge in [-0.2, -0.15) is 0 Å². The number of amides is 2. The smallest absolute Gasteiger partial charge is 0.244 e. The molecular weight excluding hydrogens is 602 g/mol. The summed E-state index contributed by atoms with van der Waals surface area (Å²) >= 11 is 9.87. The molecule has 0 saturated carbocycles. The van der Waals surface area contributed by atoms with Crippen molar-refractivity contribution in [1.82, 2.24) is 10.2 Å². The third-order valence-electron chi connectivity index (χ3n) is 6.37. The van der Waals surface area contributed by atoms with Gasteiger partial charge in [0.25, 0.3) is 0 Å². The molecule has 0 radical (unpaired) electrons. The van der Waals surface area contributed by atoms with Crippen LogP contribution in [0.3, 0.4) is 0 Å². The summed E-state index contributed by atoms with van der Waals surface area (Å²) in [6.45, 7) is 3.40. The fraction of sp³-hybridized carbons (Fsp3) is 0.310. The van der Waals surface area contributed by atoms with Gasteiger partial charge in [-0.15, -0.1) is 0 Å². The maximum absolute atomic E-state index is 14.1. The molecule has 39 heavy (non-hydrogen) atoms. The first-order valence-corrected chi connectivity index (χ1v) is 15.6. The van der Waals surface area contributed by atoms with Gasteiger partial charge < -0.3 is 10.2 Å². The van der Waals surface area contributed by atoms with Gasteiger partial charge in [0, 0.05) is 28.5 Å². The zero-order valence-electron chi connectivity index (χ0n) is 22.2. The number of benzene rings is 3. The molecule has 2 atom stereocenters. The van der Waals surface area contributed by atoms with Gasteiger partial charge in [-0.25, -0.2) is 8.42 Å². The molecule has 0 saturated heterocycles. The zero-order chi connectivity index (χ0) is 28.6. The molecule has 3 aromatic carbocycles. The lowest BCUT2D eigenvalue weighted by atomic mass is 10.0. The molecular formula is C29H33BrClN3O4S. The predicted octanol–water partition coefficient (Wildman–Crippen LogP) is 5.42. The van der Waals surface area contributed by atoms with Gasteiger partial charge in [-0.1, -0.05) is 79.2 Å². The second-order valence-corrected chi connectivity index (χ2v) is 12.5. The van der Waals surface area contributed by atoms with Crippen LogP contribution in [0.15, 0.2) is 83.3 Å². The Morgan fingerprint density at radius 3 is 2.21 bits per heavy atom. The third-order valence-corrected chi connectivity index (χ3v) is 8.54. The topological polar surface area (TPSA) is 86.8 Å². The van der Waals surface area contributed by atoms with Gasteiger partial charge in [-0.3, -0.25) is 13.9 Å². The first-order valence-electron chi connectivity index (χ1n) is 12.6. The number of hydrogen-bond donors (Lipinski definition) is 1. The van der Waals surface area contributed by atoms with Gasteiger partial charge in [0.05, 0.1) is 11.9 Å². The van der Waals surface area contributed by atoms with Crippen LogP contribution < -0.4 is 9.62 Å². The number of nitrogens with zero attached hydrogens (tertiary/aromatic N) is 2. The fourth-order valence-electron chi connectivity index (χ4n) is 4.05. The van der Waals surface area contributed by atoms with Crippen LogP contribution in [-0.4, -0.2) is 50.0 Å². The number of nitrogens with one attached hydrogen (secondary N) is 1. The molecule has 0 aliphatic rings. The summed E-state index contributed by atoms with van der Waals surface area (Å²) in [5, 5.41) is 3.45. The van der Waals surface area contributed by atoms with Crippen molar-refractivity contribution in [1.29, 1.82) is 0 Å². The number of hydrogen-bond acceptors (Lipinski definition) is 4. The van der Waals surface area contributed by atoms with E-state index in [2.05, 4.69) is 21.2 Å². The average Bonchev–Trinajstić information content (AvgIpc) is 2.90. The van der Waals surface area contributed by atoms with Crippen LogP contribution in [0.4, 0.5) is 5.69 Å². The molecule has 3 aromatic rings. The van der Waals surface area contributed by atoms with Gasteiger partial charge in [0.15, 0.2) is 0 Å². The Morgan fingerprint density at radius 1 is 0.974 bits per heavy atom. The molecule has 0 aliphatic carbocycles. The Labute approximate surface area is 244 Å². The second-order valence-electron chi connectivity index (χ2n) is 9.36. The van der Waals surface area contributed by atoms with Crippen molar-refractivity contribution >= 4 is 55.1 Å². The standard InChI is InChI=1S/C29H33BrClN3O4S/c1-4-21(2)32-29(36)27(18-22-12-6-5-7-13-22)33(19-23-14-8-10-16-25(23)31)28(35)20-34(39(3,37)38)26-17-11-9-15-24(26)30/h5-17,21,27H,4,18-20H2,1-3H3,(H,32,36). The van der Waals surface area contributed by atoms with Crippen LogP contribution in [0.25, 0.3) is 0 Å². The summed E-state index contributed by atoms with van der Waals surface area (Å²) in [6, 6.07) is 22.3. The Hall–Kier alpha value is -2.88. The molecule has 0 bridgehead atoms. The number of sulfonamides is 1. The minimum absolute atomic E-state index is 0.0253. The van der Waals surface area contributed by atoms with E-state index in [9.17, 15) is 18.0 Å². The van der Waals surface area contributed by atoms with Crippen LogP contribution >= 0.6 is 27.5 Å². The molecule has 7 nitrogen and oxygen atoms in total. The first kappa shape index (κ1) is 30.7. The minimum Gasteiger partial charge on any atom is -0.352 e. The van der Waals surface area contributed by atoms with E-state index in [1.165, 1.54) is 4.90 Å². The van der Waals surface area contributed by atoms with Gasteiger partial charge in [0.2, 0.25) is 21.8 Å². The van der Waals surface area contributed by atoms with Crippen molar-refractivity contribution in [2.45, 2.75) is 45.3 Å². The second kappa shape index (κ2) is 14.0. The van der Waals surface area contributed by atoms with Crippen molar-refractivity contribution < 1.29 is 18.0 Å². The first-order chi connectivity index (χ1) is 18.5. The summed E-state index contributed by atoms with van der Waals surface area (Å²) in [4.78, 5) is 29.2. The van der Waals surface area contributed by atoms with E-state index < -0.39 is 28.5 Å². The zero-order valence-corrected chi connectivity index (χ0v) is 25.3. The van der Waals surface area contributed by atoms with Crippen molar-refractivity contribution in [3.05, 3.63) is 99.5 Å². The van der Waals surface area contributed by atoms with Crippen LogP contribution in [0.2, 0.25) is 5.02 Å². The van der Waals surface area contributed by atoms with Crippen molar-refractivity contribution in [3.63, 3.8) is 0 Å². The highest BCUT2D eigenvalue weighted by Crippen LogP contribution is 2.28. The summed E-state index contributed by atoms with van der Waals surface area (Å²) in [5.41, 5.74) is 1.84. The van der Waals surface area contributed by atoms with Crippen molar-refractivity contribution in [2.75, 3.05) is 17.1 Å². The SMILES string of the molecule is CCC(C)NC(=O)C(Cc1ccccc1)N(Cc1ccccc1Cl)C(=O)CN(c1ccccc1Br)S(C)(=O)=O. The normalized spacial score (nSPS) is 12.8. The fourth-order valence-corrected chi connectivity index (χ4v) is 5.73.